The van der Waals surface area contributed by atoms with Gasteiger partial charge in [0.2, 0.25) is 10.0 Å². The van der Waals surface area contributed by atoms with Crippen molar-refractivity contribution in [3.8, 4) is 0 Å². The monoisotopic (exact) mass is 306 g/mol. The van der Waals surface area contributed by atoms with Crippen LogP contribution in [0.2, 0.25) is 0 Å². The number of hydrogen-bond acceptors (Lipinski definition) is 5. The molecule has 6 nitrogen and oxygen atoms in total. The number of nitrogens with one attached hydrogen (secondary N) is 1. The van der Waals surface area contributed by atoms with Crippen molar-refractivity contribution in [2.24, 2.45) is 0 Å². The Kier molecular flexibility index (Phi) is 4.87. The van der Waals surface area contributed by atoms with Crippen LogP contribution >= 0.6 is 0 Å². The normalized spacial score (nSPS) is 11.3. The van der Waals surface area contributed by atoms with Gasteiger partial charge < -0.3 is 4.90 Å². The topological polar surface area (TPSA) is 75.2 Å². The number of nitrogens with zero attached hydrogens (tertiary/aromatic N) is 3. The Morgan fingerprint density at radius 2 is 1.90 bits per heavy atom. The molecule has 0 spiro atoms. The van der Waals surface area contributed by atoms with E-state index in [4.69, 9.17) is 0 Å². The molecule has 0 amide bonds. The second kappa shape index (κ2) is 6.64. The Bertz CT molecular complexity index is 672. The molecular formula is C14H18N4O2S. The summed E-state index contributed by atoms with van der Waals surface area (Å²) < 4.78 is 26.1. The number of pyridine rings is 2. The fraction of sp³-hybridized carbons (Fsp3) is 0.286. The molecule has 0 radical (unpaired) electrons. The van der Waals surface area contributed by atoms with E-state index in [1.165, 1.54) is 6.20 Å². The summed E-state index contributed by atoms with van der Waals surface area (Å²) >= 11 is 0. The first-order chi connectivity index (χ1) is 10.0. The molecule has 112 valence electrons. The van der Waals surface area contributed by atoms with Crippen molar-refractivity contribution in [1.29, 1.82) is 0 Å². The van der Waals surface area contributed by atoms with Crippen LogP contribution in [0.3, 0.4) is 0 Å². The molecule has 0 aliphatic rings. The van der Waals surface area contributed by atoms with Gasteiger partial charge in [-0.2, -0.15) is 0 Å². The maximum Gasteiger partial charge on any atom is 0.242 e. The third-order valence-corrected chi connectivity index (χ3v) is 4.46. The van der Waals surface area contributed by atoms with Gasteiger partial charge in [0.15, 0.2) is 0 Å². The molecule has 0 aliphatic carbocycles. The first-order valence-electron chi connectivity index (χ1n) is 6.58. The Balaban J connectivity index is 2.12. The van der Waals surface area contributed by atoms with E-state index in [1.807, 2.05) is 24.1 Å². The first-order valence-corrected chi connectivity index (χ1v) is 8.07. The highest BCUT2D eigenvalue weighted by atomic mass is 32.2. The summed E-state index contributed by atoms with van der Waals surface area (Å²) in [5, 5.41) is 0. The molecule has 7 heteroatoms. The molecule has 21 heavy (non-hydrogen) atoms. The van der Waals surface area contributed by atoms with E-state index in [0.29, 0.717) is 18.9 Å². The zero-order valence-electron chi connectivity index (χ0n) is 12.0. The molecule has 0 unspecified atom stereocenters. The Morgan fingerprint density at radius 3 is 2.48 bits per heavy atom. The van der Waals surface area contributed by atoms with Crippen molar-refractivity contribution < 1.29 is 8.42 Å². The van der Waals surface area contributed by atoms with E-state index in [2.05, 4.69) is 14.7 Å². The second-order valence-corrected chi connectivity index (χ2v) is 6.33. The van der Waals surface area contributed by atoms with Crippen LogP contribution < -0.4 is 9.62 Å². The van der Waals surface area contributed by atoms with Gasteiger partial charge in [0, 0.05) is 38.7 Å². The number of hydrogen-bond donors (Lipinski definition) is 1. The standard InChI is InChI=1S/C14H18N4O2S/c1-3-17-21(19,20)13-4-5-14(16-10-13)18(2)11-12-6-8-15-9-7-12/h4-10,17H,3,11H2,1-2H3. The maximum atomic E-state index is 11.8. The lowest BCUT2D eigenvalue weighted by Crippen LogP contribution is -2.23. The van der Waals surface area contributed by atoms with Crippen LogP contribution in [0.1, 0.15) is 12.5 Å². The van der Waals surface area contributed by atoms with E-state index in [9.17, 15) is 8.42 Å². The van der Waals surface area contributed by atoms with Crippen LogP contribution in [0.4, 0.5) is 5.82 Å². The fourth-order valence-corrected chi connectivity index (χ4v) is 2.86. The lowest BCUT2D eigenvalue weighted by atomic mass is 10.2. The lowest BCUT2D eigenvalue weighted by molar-refractivity contribution is 0.583. The number of sulfonamides is 1. The van der Waals surface area contributed by atoms with Gasteiger partial charge in [-0.25, -0.2) is 18.1 Å². The Labute approximate surface area is 124 Å². The van der Waals surface area contributed by atoms with Crippen molar-refractivity contribution in [2.45, 2.75) is 18.4 Å². The van der Waals surface area contributed by atoms with Gasteiger partial charge >= 0.3 is 0 Å². The predicted octanol–water partition coefficient (Wildman–Crippen LogP) is 1.41. The third kappa shape index (κ3) is 3.99. The van der Waals surface area contributed by atoms with Crippen molar-refractivity contribution in [1.82, 2.24) is 14.7 Å². The zero-order valence-corrected chi connectivity index (χ0v) is 12.8. The van der Waals surface area contributed by atoms with Crippen molar-refractivity contribution in [3.05, 3.63) is 48.4 Å². The van der Waals surface area contributed by atoms with Gasteiger partial charge in [-0.15, -0.1) is 0 Å². The minimum absolute atomic E-state index is 0.172. The average Bonchev–Trinajstić information content (AvgIpc) is 2.48. The van der Waals surface area contributed by atoms with Crippen molar-refractivity contribution in [3.63, 3.8) is 0 Å². The minimum Gasteiger partial charge on any atom is -0.355 e. The molecule has 0 atom stereocenters. The van der Waals surface area contributed by atoms with Gasteiger partial charge in [0.1, 0.15) is 10.7 Å². The van der Waals surface area contributed by atoms with Gasteiger partial charge in [0.05, 0.1) is 0 Å². The van der Waals surface area contributed by atoms with E-state index in [-0.39, 0.29) is 4.90 Å². The Hall–Kier alpha value is -1.99. The summed E-state index contributed by atoms with van der Waals surface area (Å²) in [6, 6.07) is 7.12. The van der Waals surface area contributed by atoms with Crippen LogP contribution in [0.15, 0.2) is 47.8 Å². The van der Waals surface area contributed by atoms with Gasteiger partial charge in [0.25, 0.3) is 0 Å². The molecule has 0 aliphatic heterocycles. The molecule has 2 aromatic heterocycles. The first kappa shape index (κ1) is 15.4. The average molecular weight is 306 g/mol. The van der Waals surface area contributed by atoms with Crippen LogP contribution in [-0.2, 0) is 16.6 Å². The van der Waals surface area contributed by atoms with Gasteiger partial charge in [-0.3, -0.25) is 4.98 Å². The Morgan fingerprint density at radius 1 is 1.19 bits per heavy atom. The number of rotatable bonds is 6. The highest BCUT2D eigenvalue weighted by molar-refractivity contribution is 7.89. The van der Waals surface area contributed by atoms with Crippen LogP contribution in [0.5, 0.6) is 0 Å². The second-order valence-electron chi connectivity index (χ2n) is 4.56. The largest absolute Gasteiger partial charge is 0.355 e. The molecule has 0 saturated heterocycles. The third-order valence-electron chi connectivity index (χ3n) is 2.93. The van der Waals surface area contributed by atoms with Crippen LogP contribution in [-0.4, -0.2) is 32.0 Å². The summed E-state index contributed by atoms with van der Waals surface area (Å²) in [5.74, 6) is 0.710. The van der Waals surface area contributed by atoms with E-state index < -0.39 is 10.0 Å². The molecule has 0 fully saturated rings. The number of aromatic nitrogens is 2. The summed E-state index contributed by atoms with van der Waals surface area (Å²) in [4.78, 5) is 10.3. The fourth-order valence-electron chi connectivity index (χ4n) is 1.87. The molecule has 1 N–H and O–H groups in total. The summed E-state index contributed by atoms with van der Waals surface area (Å²) in [5.41, 5.74) is 1.11. The van der Waals surface area contributed by atoms with E-state index >= 15 is 0 Å². The summed E-state index contributed by atoms with van der Waals surface area (Å²) in [6.45, 7) is 2.77. The molecule has 0 bridgehead atoms. The maximum absolute atomic E-state index is 11.8. The lowest BCUT2D eigenvalue weighted by Gasteiger charge is -2.18. The van der Waals surface area contributed by atoms with Crippen LogP contribution in [0.25, 0.3) is 0 Å². The van der Waals surface area contributed by atoms with E-state index in [1.54, 1.807) is 31.5 Å². The number of anilines is 1. The van der Waals surface area contributed by atoms with Crippen molar-refractivity contribution >= 4 is 15.8 Å². The van der Waals surface area contributed by atoms with Gasteiger partial charge in [-0.1, -0.05) is 6.92 Å². The van der Waals surface area contributed by atoms with E-state index in [0.717, 1.165) is 5.56 Å². The molecule has 0 saturated carbocycles. The van der Waals surface area contributed by atoms with Crippen molar-refractivity contribution in [2.75, 3.05) is 18.5 Å². The minimum atomic E-state index is -3.45. The molecular weight excluding hydrogens is 288 g/mol. The molecule has 2 rings (SSSR count). The zero-order chi connectivity index (χ0) is 15.3. The summed E-state index contributed by atoms with van der Waals surface area (Å²) in [6.07, 6.45) is 4.85. The smallest absolute Gasteiger partial charge is 0.242 e. The molecule has 2 heterocycles. The highest BCUT2D eigenvalue weighted by Gasteiger charge is 2.13. The quantitative estimate of drug-likeness (QED) is 0.873. The van der Waals surface area contributed by atoms with Crippen LogP contribution in [0, 0.1) is 0 Å². The molecule has 0 aromatic carbocycles. The molecule has 2 aromatic rings. The van der Waals surface area contributed by atoms with Gasteiger partial charge in [-0.05, 0) is 29.8 Å². The highest BCUT2D eigenvalue weighted by Crippen LogP contribution is 2.15. The SMILES string of the molecule is CCNS(=O)(=O)c1ccc(N(C)Cc2ccncc2)nc1. The summed E-state index contributed by atoms with van der Waals surface area (Å²) in [7, 11) is -1.55. The predicted molar refractivity (Wildman–Crippen MR) is 81.4 cm³/mol.